The number of amides is 2. The van der Waals surface area contributed by atoms with E-state index in [0.29, 0.717) is 18.7 Å². The second-order valence-corrected chi connectivity index (χ2v) is 5.64. The molecule has 22 heavy (non-hydrogen) atoms. The molecule has 0 spiro atoms. The summed E-state index contributed by atoms with van der Waals surface area (Å²) >= 11 is 0. The maximum atomic E-state index is 12.4. The van der Waals surface area contributed by atoms with Crippen LogP contribution in [0.2, 0.25) is 0 Å². The minimum absolute atomic E-state index is 0.00864. The van der Waals surface area contributed by atoms with Gasteiger partial charge in [0, 0.05) is 46.0 Å². The molecule has 0 aliphatic carbocycles. The van der Waals surface area contributed by atoms with Crippen LogP contribution in [0.4, 0.5) is 5.69 Å². The Morgan fingerprint density at radius 1 is 1.32 bits per heavy atom. The Kier molecular flexibility index (Phi) is 5.75. The average Bonchev–Trinajstić information content (AvgIpc) is 2.59. The van der Waals surface area contributed by atoms with Crippen molar-refractivity contribution in [3.63, 3.8) is 0 Å². The van der Waals surface area contributed by atoms with Crippen molar-refractivity contribution >= 4 is 18.0 Å². The summed E-state index contributed by atoms with van der Waals surface area (Å²) in [6.07, 6.45) is 6.35. The van der Waals surface area contributed by atoms with Crippen LogP contribution in [0.25, 0.3) is 0 Å². The third-order valence-electron chi connectivity index (χ3n) is 3.99. The summed E-state index contributed by atoms with van der Waals surface area (Å²) in [6, 6.07) is 1.90. The highest BCUT2D eigenvalue weighted by Crippen LogP contribution is 2.17. The van der Waals surface area contributed by atoms with Crippen molar-refractivity contribution in [2.24, 2.45) is 0 Å². The van der Waals surface area contributed by atoms with E-state index < -0.39 is 0 Å². The van der Waals surface area contributed by atoms with Gasteiger partial charge < -0.3 is 14.7 Å². The van der Waals surface area contributed by atoms with E-state index in [4.69, 9.17) is 0 Å². The Hall–Kier alpha value is -2.11. The molecule has 120 valence electrons. The number of aromatic nitrogens is 1. The fourth-order valence-electron chi connectivity index (χ4n) is 2.52. The van der Waals surface area contributed by atoms with Crippen LogP contribution in [0, 0.1) is 0 Å². The Bertz CT molecular complexity index is 513. The molecule has 1 saturated heterocycles. The lowest BCUT2D eigenvalue weighted by Crippen LogP contribution is -2.45. The molecule has 6 nitrogen and oxygen atoms in total. The molecule has 0 radical (unpaired) electrons. The lowest BCUT2D eigenvalue weighted by Gasteiger charge is -2.34. The first-order chi connectivity index (χ1) is 10.7. The van der Waals surface area contributed by atoms with Crippen LogP contribution >= 0.6 is 0 Å². The van der Waals surface area contributed by atoms with Crippen molar-refractivity contribution in [1.29, 1.82) is 0 Å². The number of hydrogen-bond donors (Lipinski definition) is 0. The Labute approximate surface area is 131 Å². The largest absolute Gasteiger partial charge is 0.367 e. The number of anilines is 1. The second-order valence-electron chi connectivity index (χ2n) is 5.64. The SMILES string of the molecule is CCCCN(C)C(=O)c1cncc(N2CCN(C=O)CC2)c1. The van der Waals surface area contributed by atoms with Crippen molar-refractivity contribution in [1.82, 2.24) is 14.8 Å². The van der Waals surface area contributed by atoms with E-state index in [0.717, 1.165) is 44.6 Å². The first-order valence-electron chi connectivity index (χ1n) is 7.80. The fourth-order valence-corrected chi connectivity index (χ4v) is 2.52. The lowest BCUT2D eigenvalue weighted by molar-refractivity contribution is -0.118. The van der Waals surface area contributed by atoms with Crippen LogP contribution in [0.15, 0.2) is 18.5 Å². The highest BCUT2D eigenvalue weighted by atomic mass is 16.2. The quantitative estimate of drug-likeness (QED) is 0.742. The topological polar surface area (TPSA) is 56.8 Å². The van der Waals surface area contributed by atoms with Gasteiger partial charge in [-0.3, -0.25) is 14.6 Å². The normalized spacial score (nSPS) is 14.8. The molecule has 2 rings (SSSR count). The van der Waals surface area contributed by atoms with Gasteiger partial charge >= 0.3 is 0 Å². The van der Waals surface area contributed by atoms with E-state index in [2.05, 4.69) is 16.8 Å². The van der Waals surface area contributed by atoms with E-state index in [-0.39, 0.29) is 5.91 Å². The zero-order chi connectivity index (χ0) is 15.9. The van der Waals surface area contributed by atoms with Gasteiger partial charge in [-0.25, -0.2) is 0 Å². The molecule has 1 aliphatic rings. The van der Waals surface area contributed by atoms with Crippen LogP contribution in [0.5, 0.6) is 0 Å². The molecule has 2 heterocycles. The Morgan fingerprint density at radius 2 is 2.05 bits per heavy atom. The van der Waals surface area contributed by atoms with Gasteiger partial charge in [-0.1, -0.05) is 13.3 Å². The first kappa shape index (κ1) is 16.3. The molecule has 0 N–H and O–H groups in total. The summed E-state index contributed by atoms with van der Waals surface area (Å²) in [5, 5.41) is 0. The monoisotopic (exact) mass is 304 g/mol. The van der Waals surface area contributed by atoms with Gasteiger partial charge in [-0.2, -0.15) is 0 Å². The van der Waals surface area contributed by atoms with Crippen LogP contribution in [-0.4, -0.2) is 66.9 Å². The average molecular weight is 304 g/mol. The number of unbranched alkanes of at least 4 members (excludes halogenated alkanes) is 1. The van der Waals surface area contributed by atoms with E-state index in [9.17, 15) is 9.59 Å². The predicted molar refractivity (Wildman–Crippen MR) is 86.0 cm³/mol. The van der Waals surface area contributed by atoms with Crippen LogP contribution in [0.1, 0.15) is 30.1 Å². The molecule has 0 atom stereocenters. The molecular weight excluding hydrogens is 280 g/mol. The summed E-state index contributed by atoms with van der Waals surface area (Å²) in [4.78, 5) is 33.0. The molecule has 0 bridgehead atoms. The van der Waals surface area contributed by atoms with Gasteiger partial charge in [0.1, 0.15) is 0 Å². The van der Waals surface area contributed by atoms with Crippen molar-refractivity contribution < 1.29 is 9.59 Å². The maximum Gasteiger partial charge on any atom is 0.255 e. The number of rotatable bonds is 6. The Balaban J connectivity index is 2.03. The number of carbonyl (C=O) groups excluding carboxylic acids is 2. The second kappa shape index (κ2) is 7.77. The zero-order valence-corrected chi connectivity index (χ0v) is 13.4. The van der Waals surface area contributed by atoms with Crippen molar-refractivity contribution in [3.05, 3.63) is 24.0 Å². The molecule has 1 aromatic rings. The van der Waals surface area contributed by atoms with E-state index in [1.54, 1.807) is 22.2 Å². The maximum absolute atomic E-state index is 12.4. The molecular formula is C16H24N4O2. The first-order valence-corrected chi connectivity index (χ1v) is 7.80. The van der Waals surface area contributed by atoms with Crippen LogP contribution < -0.4 is 4.90 Å². The molecule has 0 unspecified atom stereocenters. The minimum atomic E-state index is 0.00864. The summed E-state index contributed by atoms with van der Waals surface area (Å²) in [5.74, 6) is 0.00864. The van der Waals surface area contributed by atoms with Gasteiger partial charge in [0.2, 0.25) is 6.41 Å². The summed E-state index contributed by atoms with van der Waals surface area (Å²) < 4.78 is 0. The molecule has 1 fully saturated rings. The molecule has 1 aromatic heterocycles. The van der Waals surface area contributed by atoms with Gasteiger partial charge in [0.05, 0.1) is 17.4 Å². The van der Waals surface area contributed by atoms with Crippen LogP contribution in [-0.2, 0) is 4.79 Å². The highest BCUT2D eigenvalue weighted by Gasteiger charge is 2.18. The predicted octanol–water partition coefficient (Wildman–Crippen LogP) is 1.23. The summed E-state index contributed by atoms with van der Waals surface area (Å²) in [7, 11) is 1.83. The third-order valence-corrected chi connectivity index (χ3v) is 3.99. The minimum Gasteiger partial charge on any atom is -0.367 e. The summed E-state index contributed by atoms with van der Waals surface area (Å²) in [5.41, 5.74) is 1.56. The molecule has 6 heteroatoms. The smallest absolute Gasteiger partial charge is 0.255 e. The van der Waals surface area contributed by atoms with Gasteiger partial charge in [-0.15, -0.1) is 0 Å². The van der Waals surface area contributed by atoms with Gasteiger partial charge in [-0.05, 0) is 12.5 Å². The number of hydrogen-bond acceptors (Lipinski definition) is 4. The molecule has 0 saturated carbocycles. The third kappa shape index (κ3) is 3.96. The van der Waals surface area contributed by atoms with Crippen LogP contribution in [0.3, 0.4) is 0 Å². The van der Waals surface area contributed by atoms with Crippen molar-refractivity contribution in [2.75, 3.05) is 44.7 Å². The number of pyridine rings is 1. The Morgan fingerprint density at radius 3 is 2.68 bits per heavy atom. The molecule has 2 amide bonds. The molecule has 0 aromatic carbocycles. The zero-order valence-electron chi connectivity index (χ0n) is 13.4. The number of piperazine rings is 1. The summed E-state index contributed by atoms with van der Waals surface area (Å²) in [6.45, 7) is 5.82. The number of carbonyl (C=O) groups is 2. The van der Waals surface area contributed by atoms with E-state index in [1.165, 1.54) is 0 Å². The molecule has 1 aliphatic heterocycles. The van der Waals surface area contributed by atoms with Crippen molar-refractivity contribution in [3.8, 4) is 0 Å². The van der Waals surface area contributed by atoms with Gasteiger partial charge in [0.25, 0.3) is 5.91 Å². The standard InChI is InChI=1S/C16H24N4O2/c1-3-4-5-18(2)16(22)14-10-15(12-17-11-14)20-8-6-19(13-21)7-9-20/h10-13H,3-9H2,1-2H3. The van der Waals surface area contributed by atoms with Gasteiger partial charge in [0.15, 0.2) is 0 Å². The lowest BCUT2D eigenvalue weighted by atomic mass is 10.2. The fraction of sp³-hybridized carbons (Fsp3) is 0.562. The highest BCUT2D eigenvalue weighted by molar-refractivity contribution is 5.94. The number of nitrogens with zero attached hydrogens (tertiary/aromatic N) is 4. The van der Waals surface area contributed by atoms with E-state index in [1.807, 2.05) is 13.1 Å². The van der Waals surface area contributed by atoms with Crippen molar-refractivity contribution in [2.45, 2.75) is 19.8 Å². The van der Waals surface area contributed by atoms with E-state index >= 15 is 0 Å².